The van der Waals surface area contributed by atoms with Gasteiger partial charge >= 0.3 is 5.97 Å². The standard InChI is InChI=1S/C7H12Cl2O2/c1-5(2)7(10)11-4-6(9)3-8/h5-6H,3-4H2,1-2H3. The molecule has 0 fully saturated rings. The zero-order valence-electron chi connectivity index (χ0n) is 6.64. The Morgan fingerprint density at radius 2 is 2.09 bits per heavy atom. The van der Waals surface area contributed by atoms with Crippen molar-refractivity contribution in [3.63, 3.8) is 0 Å². The van der Waals surface area contributed by atoms with Gasteiger partial charge in [-0.1, -0.05) is 13.8 Å². The molecule has 0 aromatic carbocycles. The van der Waals surface area contributed by atoms with Gasteiger partial charge in [-0.25, -0.2) is 0 Å². The summed E-state index contributed by atoms with van der Waals surface area (Å²) in [6, 6.07) is 0. The van der Waals surface area contributed by atoms with Crippen LogP contribution in [0.2, 0.25) is 0 Å². The van der Waals surface area contributed by atoms with Gasteiger partial charge in [0.1, 0.15) is 6.61 Å². The minimum absolute atomic E-state index is 0.103. The predicted molar refractivity (Wildman–Crippen MR) is 46.2 cm³/mol. The van der Waals surface area contributed by atoms with Crippen LogP contribution in [0.4, 0.5) is 0 Å². The molecule has 0 heterocycles. The zero-order chi connectivity index (χ0) is 8.85. The molecule has 0 aliphatic carbocycles. The van der Waals surface area contributed by atoms with Gasteiger partial charge in [0.25, 0.3) is 0 Å². The van der Waals surface area contributed by atoms with Crippen molar-refractivity contribution >= 4 is 29.2 Å². The summed E-state index contributed by atoms with van der Waals surface area (Å²) in [4.78, 5) is 10.8. The van der Waals surface area contributed by atoms with E-state index in [0.717, 1.165) is 0 Å². The second-order valence-electron chi connectivity index (χ2n) is 2.54. The lowest BCUT2D eigenvalue weighted by atomic mass is 10.2. The molecule has 0 amide bonds. The summed E-state index contributed by atoms with van der Waals surface area (Å²) in [5.74, 6) is -0.0395. The van der Waals surface area contributed by atoms with Crippen LogP contribution in [0.25, 0.3) is 0 Å². The zero-order valence-corrected chi connectivity index (χ0v) is 8.15. The normalized spacial score (nSPS) is 13.2. The van der Waals surface area contributed by atoms with Crippen LogP contribution in [-0.4, -0.2) is 23.8 Å². The summed E-state index contributed by atoms with van der Waals surface area (Å²) in [6.45, 7) is 3.74. The molecular weight excluding hydrogens is 187 g/mol. The van der Waals surface area contributed by atoms with Crippen molar-refractivity contribution in [3.05, 3.63) is 0 Å². The van der Waals surface area contributed by atoms with E-state index in [-0.39, 0.29) is 23.9 Å². The van der Waals surface area contributed by atoms with E-state index >= 15 is 0 Å². The summed E-state index contributed by atoms with van der Waals surface area (Å²) in [6.07, 6.45) is 0. The van der Waals surface area contributed by atoms with Gasteiger partial charge in [-0.15, -0.1) is 23.2 Å². The maximum atomic E-state index is 10.8. The van der Waals surface area contributed by atoms with E-state index in [2.05, 4.69) is 0 Å². The molecule has 0 aliphatic heterocycles. The fraction of sp³-hybridized carbons (Fsp3) is 0.857. The molecule has 1 unspecified atom stereocenters. The molecule has 0 saturated heterocycles. The van der Waals surface area contributed by atoms with Gasteiger partial charge in [-0.3, -0.25) is 4.79 Å². The van der Waals surface area contributed by atoms with Crippen LogP contribution >= 0.6 is 23.2 Å². The minimum Gasteiger partial charge on any atom is -0.464 e. The number of halogens is 2. The molecule has 0 N–H and O–H groups in total. The summed E-state index contributed by atoms with van der Waals surface area (Å²) < 4.78 is 4.80. The number of ether oxygens (including phenoxy) is 1. The van der Waals surface area contributed by atoms with Gasteiger partial charge in [0, 0.05) is 5.88 Å². The van der Waals surface area contributed by atoms with Crippen molar-refractivity contribution in [2.45, 2.75) is 19.2 Å². The van der Waals surface area contributed by atoms with Crippen molar-refractivity contribution in [2.75, 3.05) is 12.5 Å². The highest BCUT2D eigenvalue weighted by Crippen LogP contribution is 2.02. The van der Waals surface area contributed by atoms with E-state index in [9.17, 15) is 4.79 Å². The smallest absolute Gasteiger partial charge is 0.308 e. The van der Waals surface area contributed by atoms with Gasteiger partial charge in [0.15, 0.2) is 0 Å². The molecule has 0 spiro atoms. The first-order valence-corrected chi connectivity index (χ1v) is 4.41. The topological polar surface area (TPSA) is 26.3 Å². The van der Waals surface area contributed by atoms with Gasteiger partial charge in [-0.2, -0.15) is 0 Å². The molecule has 0 radical (unpaired) electrons. The van der Waals surface area contributed by atoms with Crippen LogP contribution in [0, 0.1) is 5.92 Å². The number of carbonyl (C=O) groups is 1. The Kier molecular flexibility index (Phi) is 5.69. The van der Waals surface area contributed by atoms with Crippen LogP contribution < -0.4 is 0 Å². The van der Waals surface area contributed by atoms with Gasteiger partial charge < -0.3 is 4.74 Å². The van der Waals surface area contributed by atoms with Crippen LogP contribution in [0.5, 0.6) is 0 Å². The quantitative estimate of drug-likeness (QED) is 0.511. The van der Waals surface area contributed by atoms with Gasteiger partial charge in [0.05, 0.1) is 11.3 Å². The molecule has 11 heavy (non-hydrogen) atoms. The number of alkyl halides is 2. The highest BCUT2D eigenvalue weighted by atomic mass is 35.5. The van der Waals surface area contributed by atoms with Crippen molar-refractivity contribution in [3.8, 4) is 0 Å². The first-order valence-electron chi connectivity index (χ1n) is 3.44. The molecule has 0 rings (SSSR count). The third-order valence-corrected chi connectivity index (χ3v) is 1.86. The molecule has 0 saturated carbocycles. The van der Waals surface area contributed by atoms with Crippen molar-refractivity contribution < 1.29 is 9.53 Å². The first-order chi connectivity index (χ1) is 5.07. The molecule has 2 nitrogen and oxygen atoms in total. The molecule has 0 aromatic heterocycles. The van der Waals surface area contributed by atoms with E-state index in [1.54, 1.807) is 13.8 Å². The lowest BCUT2D eigenvalue weighted by Crippen LogP contribution is -2.18. The highest BCUT2D eigenvalue weighted by Gasteiger charge is 2.10. The van der Waals surface area contributed by atoms with E-state index in [4.69, 9.17) is 27.9 Å². The van der Waals surface area contributed by atoms with E-state index in [1.807, 2.05) is 0 Å². The van der Waals surface area contributed by atoms with Crippen molar-refractivity contribution in [1.29, 1.82) is 0 Å². The second-order valence-corrected chi connectivity index (χ2v) is 3.46. The maximum absolute atomic E-state index is 10.8. The SMILES string of the molecule is CC(C)C(=O)OCC(Cl)CCl. The lowest BCUT2D eigenvalue weighted by molar-refractivity contribution is -0.147. The van der Waals surface area contributed by atoms with Crippen LogP contribution in [0.1, 0.15) is 13.8 Å². The summed E-state index contributed by atoms with van der Waals surface area (Å²) in [7, 11) is 0. The van der Waals surface area contributed by atoms with E-state index < -0.39 is 0 Å². The average molecular weight is 199 g/mol. The Bertz CT molecular complexity index is 126. The third kappa shape index (κ3) is 5.33. The monoisotopic (exact) mass is 198 g/mol. The number of carbonyl (C=O) groups excluding carboxylic acids is 1. The fourth-order valence-electron chi connectivity index (χ4n) is 0.384. The Hall–Kier alpha value is 0.0500. The molecule has 0 bridgehead atoms. The first kappa shape index (κ1) is 11.1. The maximum Gasteiger partial charge on any atom is 0.308 e. The molecular formula is C7H12Cl2O2. The predicted octanol–water partition coefficient (Wildman–Crippen LogP) is 2.03. The number of hydrogen-bond donors (Lipinski definition) is 0. The number of esters is 1. The average Bonchev–Trinajstić information content (AvgIpc) is 1.99. The molecule has 1 atom stereocenters. The molecule has 0 aromatic rings. The minimum atomic E-state index is -0.278. The molecule has 66 valence electrons. The Morgan fingerprint density at radius 1 is 1.55 bits per heavy atom. The second kappa shape index (κ2) is 5.67. The van der Waals surface area contributed by atoms with E-state index in [1.165, 1.54) is 0 Å². The van der Waals surface area contributed by atoms with Gasteiger partial charge in [-0.05, 0) is 0 Å². The molecule has 4 heteroatoms. The van der Waals surface area contributed by atoms with Crippen molar-refractivity contribution in [1.82, 2.24) is 0 Å². The summed E-state index contributed by atoms with van der Waals surface area (Å²) in [5, 5.41) is -0.278. The van der Waals surface area contributed by atoms with E-state index in [0.29, 0.717) is 5.88 Å². The summed E-state index contributed by atoms with van der Waals surface area (Å²) in [5.41, 5.74) is 0. The number of hydrogen-bond acceptors (Lipinski definition) is 2. The number of rotatable bonds is 4. The van der Waals surface area contributed by atoms with Crippen molar-refractivity contribution in [2.24, 2.45) is 5.92 Å². The lowest BCUT2D eigenvalue weighted by Gasteiger charge is -2.08. The third-order valence-electron chi connectivity index (χ3n) is 1.05. The van der Waals surface area contributed by atoms with Crippen LogP contribution in [0.3, 0.4) is 0 Å². The van der Waals surface area contributed by atoms with Gasteiger partial charge in [0.2, 0.25) is 0 Å². The molecule has 0 aliphatic rings. The Labute approximate surface area is 76.8 Å². The largest absolute Gasteiger partial charge is 0.464 e. The Morgan fingerprint density at radius 3 is 2.45 bits per heavy atom. The summed E-state index contributed by atoms with van der Waals surface area (Å²) >= 11 is 11.0. The van der Waals surface area contributed by atoms with Crippen LogP contribution in [0.15, 0.2) is 0 Å². The fourth-order valence-corrected chi connectivity index (χ4v) is 0.536. The Balaban J connectivity index is 3.46. The van der Waals surface area contributed by atoms with Crippen LogP contribution in [-0.2, 0) is 9.53 Å². The highest BCUT2D eigenvalue weighted by molar-refractivity contribution is 6.28.